The Morgan fingerprint density at radius 3 is 2.82 bits per heavy atom. The number of nitrogens with one attached hydrogen (secondary N) is 1. The zero-order valence-electron chi connectivity index (χ0n) is 11.8. The van der Waals surface area contributed by atoms with Gasteiger partial charge < -0.3 is 15.5 Å². The van der Waals surface area contributed by atoms with Crippen molar-refractivity contribution in [1.29, 1.82) is 0 Å². The van der Waals surface area contributed by atoms with Gasteiger partial charge in [-0.1, -0.05) is 12.1 Å². The number of aryl methyl sites for hydroxylation is 1. The number of aromatic nitrogens is 3. The fourth-order valence-corrected chi connectivity index (χ4v) is 2.34. The fraction of sp³-hybridized carbons (Fsp3) is 0.133. The first-order chi connectivity index (χ1) is 10.6. The van der Waals surface area contributed by atoms with Crippen LogP contribution in [0.4, 0.5) is 4.79 Å². The van der Waals surface area contributed by atoms with Gasteiger partial charge in [-0.15, -0.1) is 0 Å². The summed E-state index contributed by atoms with van der Waals surface area (Å²) in [7, 11) is 0. The standard InChI is InChI=1S/C15H14N4O3/c1-9-6-10(2-3-11(9)7-16-15(21)22)14-18-8-17-12-4-5-13(20)19(12)14/h2-6,8,16,20H,7H2,1H3,(H,21,22). The van der Waals surface area contributed by atoms with Gasteiger partial charge in [0.05, 0.1) is 0 Å². The molecule has 2 heterocycles. The molecule has 3 aromatic rings. The quantitative estimate of drug-likeness (QED) is 0.688. The van der Waals surface area contributed by atoms with Crippen LogP contribution >= 0.6 is 0 Å². The van der Waals surface area contributed by atoms with Gasteiger partial charge in [0.2, 0.25) is 0 Å². The number of hydrogen-bond acceptors (Lipinski definition) is 4. The molecule has 0 saturated carbocycles. The number of carboxylic acid groups (broad SMARTS) is 1. The molecule has 0 spiro atoms. The largest absolute Gasteiger partial charge is 0.494 e. The number of carbonyl (C=O) groups is 1. The molecule has 1 aromatic carbocycles. The van der Waals surface area contributed by atoms with E-state index in [9.17, 15) is 9.90 Å². The molecule has 0 unspecified atom stereocenters. The van der Waals surface area contributed by atoms with Crippen LogP contribution < -0.4 is 5.32 Å². The van der Waals surface area contributed by atoms with Crippen LogP contribution in [0.2, 0.25) is 0 Å². The Morgan fingerprint density at radius 1 is 1.27 bits per heavy atom. The summed E-state index contributed by atoms with van der Waals surface area (Å²) in [6, 6.07) is 8.85. The summed E-state index contributed by atoms with van der Waals surface area (Å²) in [5, 5.41) is 20.9. The van der Waals surface area contributed by atoms with Crippen LogP contribution in [-0.2, 0) is 6.54 Å². The van der Waals surface area contributed by atoms with Crippen LogP contribution in [0.3, 0.4) is 0 Å². The highest BCUT2D eigenvalue weighted by Crippen LogP contribution is 2.25. The van der Waals surface area contributed by atoms with Gasteiger partial charge >= 0.3 is 6.09 Å². The van der Waals surface area contributed by atoms with Crippen LogP contribution in [0.1, 0.15) is 11.1 Å². The van der Waals surface area contributed by atoms with Crippen molar-refractivity contribution in [3.8, 4) is 17.3 Å². The normalized spacial score (nSPS) is 10.8. The molecule has 0 bridgehead atoms. The predicted molar refractivity (Wildman–Crippen MR) is 79.7 cm³/mol. The molecule has 0 atom stereocenters. The molecule has 0 fully saturated rings. The molecule has 22 heavy (non-hydrogen) atoms. The fourth-order valence-electron chi connectivity index (χ4n) is 2.34. The third kappa shape index (κ3) is 2.44. The lowest BCUT2D eigenvalue weighted by molar-refractivity contribution is 0.194. The van der Waals surface area contributed by atoms with Gasteiger partial charge in [-0.05, 0) is 30.2 Å². The number of rotatable bonds is 3. The SMILES string of the molecule is Cc1cc(-c2ncnc3ccc(O)n23)ccc1CNC(=O)O. The van der Waals surface area contributed by atoms with E-state index >= 15 is 0 Å². The highest BCUT2D eigenvalue weighted by atomic mass is 16.4. The number of nitrogens with zero attached hydrogens (tertiary/aromatic N) is 3. The van der Waals surface area contributed by atoms with Crippen molar-refractivity contribution in [2.75, 3.05) is 0 Å². The van der Waals surface area contributed by atoms with Gasteiger partial charge in [0, 0.05) is 18.2 Å². The molecule has 0 aliphatic rings. The monoisotopic (exact) mass is 298 g/mol. The lowest BCUT2D eigenvalue weighted by Gasteiger charge is -2.10. The van der Waals surface area contributed by atoms with Crippen LogP contribution in [0.25, 0.3) is 17.0 Å². The second-order valence-electron chi connectivity index (χ2n) is 4.88. The summed E-state index contributed by atoms with van der Waals surface area (Å²) in [6.07, 6.45) is 0.387. The Bertz CT molecular complexity index is 857. The minimum atomic E-state index is -1.06. The third-order valence-electron chi connectivity index (χ3n) is 3.45. The smallest absolute Gasteiger partial charge is 0.404 e. The highest BCUT2D eigenvalue weighted by molar-refractivity contribution is 5.65. The van der Waals surface area contributed by atoms with Crippen molar-refractivity contribution in [2.45, 2.75) is 13.5 Å². The molecular formula is C15H14N4O3. The molecule has 3 N–H and O–H groups in total. The van der Waals surface area contributed by atoms with Gasteiger partial charge in [0.25, 0.3) is 0 Å². The van der Waals surface area contributed by atoms with Crippen molar-refractivity contribution >= 4 is 11.7 Å². The first kappa shape index (κ1) is 13.9. The summed E-state index contributed by atoms with van der Waals surface area (Å²) in [4.78, 5) is 18.9. The molecule has 7 nitrogen and oxygen atoms in total. The summed E-state index contributed by atoms with van der Waals surface area (Å²) < 4.78 is 1.56. The minimum absolute atomic E-state index is 0.0693. The topological polar surface area (TPSA) is 99.8 Å². The van der Waals surface area contributed by atoms with Crippen LogP contribution in [-0.4, -0.2) is 30.7 Å². The summed E-state index contributed by atoms with van der Waals surface area (Å²) in [6.45, 7) is 2.14. The lowest BCUT2D eigenvalue weighted by Crippen LogP contribution is -2.20. The van der Waals surface area contributed by atoms with E-state index < -0.39 is 6.09 Å². The first-order valence-electron chi connectivity index (χ1n) is 6.64. The Balaban J connectivity index is 2.03. The second-order valence-corrected chi connectivity index (χ2v) is 4.88. The molecule has 0 saturated heterocycles. The van der Waals surface area contributed by atoms with Crippen molar-refractivity contribution in [1.82, 2.24) is 19.7 Å². The molecule has 0 aliphatic heterocycles. The maximum absolute atomic E-state index is 10.6. The van der Waals surface area contributed by atoms with Gasteiger partial charge in [0.15, 0.2) is 5.88 Å². The van der Waals surface area contributed by atoms with Gasteiger partial charge in [-0.3, -0.25) is 0 Å². The number of fused-ring (bicyclic) bond motifs is 1. The van der Waals surface area contributed by atoms with Gasteiger partial charge in [0.1, 0.15) is 17.8 Å². The predicted octanol–water partition coefficient (Wildman–Crippen LogP) is 2.18. The Labute approximate surface area is 125 Å². The molecule has 1 amide bonds. The average molecular weight is 298 g/mol. The maximum atomic E-state index is 10.6. The molecule has 7 heteroatoms. The molecule has 3 rings (SSSR count). The van der Waals surface area contributed by atoms with Crippen molar-refractivity contribution in [2.24, 2.45) is 0 Å². The average Bonchev–Trinajstić information content (AvgIpc) is 2.87. The van der Waals surface area contributed by atoms with E-state index in [0.717, 1.165) is 16.7 Å². The third-order valence-corrected chi connectivity index (χ3v) is 3.45. The number of benzene rings is 1. The van der Waals surface area contributed by atoms with E-state index in [2.05, 4.69) is 15.3 Å². The number of aromatic hydroxyl groups is 1. The van der Waals surface area contributed by atoms with E-state index in [0.29, 0.717) is 11.5 Å². The second kappa shape index (κ2) is 5.36. The van der Waals surface area contributed by atoms with E-state index in [1.165, 1.54) is 6.33 Å². The summed E-state index contributed by atoms with van der Waals surface area (Å²) in [5.74, 6) is 0.646. The lowest BCUT2D eigenvalue weighted by atomic mass is 10.0. The Morgan fingerprint density at radius 2 is 2.09 bits per heavy atom. The molecule has 0 radical (unpaired) electrons. The van der Waals surface area contributed by atoms with Crippen LogP contribution in [0, 0.1) is 6.92 Å². The number of hydrogen-bond donors (Lipinski definition) is 3. The van der Waals surface area contributed by atoms with Crippen molar-refractivity contribution in [3.63, 3.8) is 0 Å². The van der Waals surface area contributed by atoms with Crippen molar-refractivity contribution < 1.29 is 15.0 Å². The Kier molecular flexibility index (Phi) is 3.38. The maximum Gasteiger partial charge on any atom is 0.404 e. The van der Waals surface area contributed by atoms with Crippen molar-refractivity contribution in [3.05, 3.63) is 47.8 Å². The van der Waals surface area contributed by atoms with Crippen LogP contribution in [0.5, 0.6) is 5.88 Å². The van der Waals surface area contributed by atoms with E-state index in [1.807, 2.05) is 25.1 Å². The summed E-state index contributed by atoms with van der Waals surface area (Å²) >= 11 is 0. The Hall–Kier alpha value is -3.09. The minimum Gasteiger partial charge on any atom is -0.494 e. The summed E-state index contributed by atoms with van der Waals surface area (Å²) in [5.41, 5.74) is 3.24. The van der Waals surface area contributed by atoms with Gasteiger partial charge in [-0.2, -0.15) is 0 Å². The first-order valence-corrected chi connectivity index (χ1v) is 6.64. The highest BCUT2D eigenvalue weighted by Gasteiger charge is 2.11. The van der Waals surface area contributed by atoms with Crippen LogP contribution in [0.15, 0.2) is 36.7 Å². The molecular weight excluding hydrogens is 284 g/mol. The zero-order chi connectivity index (χ0) is 15.7. The zero-order valence-corrected chi connectivity index (χ0v) is 11.8. The molecule has 112 valence electrons. The van der Waals surface area contributed by atoms with E-state index in [1.54, 1.807) is 16.5 Å². The molecule has 2 aromatic heterocycles. The van der Waals surface area contributed by atoms with E-state index in [-0.39, 0.29) is 12.4 Å². The number of amides is 1. The van der Waals surface area contributed by atoms with Gasteiger partial charge in [-0.25, -0.2) is 19.2 Å². The van der Waals surface area contributed by atoms with E-state index in [4.69, 9.17) is 5.11 Å². The molecule has 0 aliphatic carbocycles.